The minimum absolute atomic E-state index is 0.0943. The molecule has 6 nitrogen and oxygen atoms in total. The van der Waals surface area contributed by atoms with Crippen LogP contribution in [0.1, 0.15) is 34.3 Å². The Bertz CT molecular complexity index is 772. The normalized spacial score (nSPS) is 13.2. The van der Waals surface area contributed by atoms with E-state index in [1.54, 1.807) is 36.5 Å². The van der Waals surface area contributed by atoms with Gasteiger partial charge in [0, 0.05) is 43.3 Å². The number of pyridine rings is 1. The number of amides is 3. The zero-order chi connectivity index (χ0) is 17.8. The van der Waals surface area contributed by atoms with E-state index >= 15 is 0 Å². The number of aromatic nitrogens is 1. The van der Waals surface area contributed by atoms with Gasteiger partial charge >= 0.3 is 6.03 Å². The third-order valence-corrected chi connectivity index (χ3v) is 4.17. The van der Waals surface area contributed by atoms with Gasteiger partial charge in [0.15, 0.2) is 0 Å². The number of anilines is 1. The van der Waals surface area contributed by atoms with Crippen molar-refractivity contribution in [3.8, 4) is 0 Å². The molecule has 25 heavy (non-hydrogen) atoms. The number of hydrogen-bond acceptors (Lipinski definition) is 3. The van der Waals surface area contributed by atoms with E-state index in [-0.39, 0.29) is 11.9 Å². The van der Waals surface area contributed by atoms with Crippen LogP contribution in [0, 0.1) is 6.92 Å². The highest BCUT2D eigenvalue weighted by Gasteiger charge is 2.24. The van der Waals surface area contributed by atoms with Gasteiger partial charge in [-0.15, -0.1) is 0 Å². The van der Waals surface area contributed by atoms with Gasteiger partial charge in [0.1, 0.15) is 0 Å². The summed E-state index contributed by atoms with van der Waals surface area (Å²) < 4.78 is 0. The Balaban J connectivity index is 1.66. The van der Waals surface area contributed by atoms with Crippen molar-refractivity contribution < 1.29 is 9.59 Å². The maximum absolute atomic E-state index is 12.4. The summed E-state index contributed by atoms with van der Waals surface area (Å²) in [5, 5.41) is 5.84. The van der Waals surface area contributed by atoms with E-state index in [9.17, 15) is 9.59 Å². The smallest absolute Gasteiger partial charge is 0.321 e. The lowest BCUT2D eigenvalue weighted by Crippen LogP contribution is -2.31. The highest BCUT2D eigenvalue weighted by atomic mass is 16.2. The van der Waals surface area contributed by atoms with Gasteiger partial charge in [-0.05, 0) is 55.2 Å². The first-order chi connectivity index (χ1) is 12.0. The molecule has 0 unspecified atom stereocenters. The van der Waals surface area contributed by atoms with E-state index in [1.165, 1.54) is 0 Å². The van der Waals surface area contributed by atoms with Crippen LogP contribution in [0.3, 0.4) is 0 Å². The number of carbonyl (C=O) groups excluding carboxylic acids is 2. The number of nitrogens with one attached hydrogen (secondary N) is 2. The zero-order valence-electron chi connectivity index (χ0n) is 14.5. The van der Waals surface area contributed by atoms with E-state index in [4.69, 9.17) is 0 Å². The van der Waals surface area contributed by atoms with E-state index in [0.29, 0.717) is 23.8 Å². The quantitative estimate of drug-likeness (QED) is 0.880. The van der Waals surface area contributed by atoms with Gasteiger partial charge < -0.3 is 15.5 Å². The number of carbonyl (C=O) groups is 2. The second-order valence-electron chi connectivity index (χ2n) is 6.42. The summed E-state index contributed by atoms with van der Waals surface area (Å²) in [7, 11) is 1.73. The molecule has 3 amide bonds. The summed E-state index contributed by atoms with van der Waals surface area (Å²) in [4.78, 5) is 30.2. The standard InChI is InChI=1S/C19H22N4O2/c1-13-3-4-15(18(24)21-16-5-6-16)11-17(13)22-19(25)23(2)12-14-7-9-20-10-8-14/h3-4,7-11,16H,5-6,12H2,1-2H3,(H,21,24)(H,22,25). The highest BCUT2D eigenvalue weighted by Crippen LogP contribution is 2.21. The number of benzene rings is 1. The molecule has 1 fully saturated rings. The molecule has 0 spiro atoms. The van der Waals surface area contributed by atoms with Gasteiger partial charge in [0.05, 0.1) is 0 Å². The predicted octanol–water partition coefficient (Wildman–Crippen LogP) is 2.95. The van der Waals surface area contributed by atoms with Gasteiger partial charge in [-0.3, -0.25) is 9.78 Å². The second-order valence-corrected chi connectivity index (χ2v) is 6.42. The number of urea groups is 1. The van der Waals surface area contributed by atoms with Gasteiger partial charge in [-0.2, -0.15) is 0 Å². The van der Waals surface area contributed by atoms with Crippen LogP contribution in [-0.2, 0) is 6.54 Å². The molecule has 2 N–H and O–H groups in total. The van der Waals surface area contributed by atoms with Crippen LogP contribution >= 0.6 is 0 Å². The monoisotopic (exact) mass is 338 g/mol. The number of hydrogen-bond donors (Lipinski definition) is 2. The average molecular weight is 338 g/mol. The van der Waals surface area contributed by atoms with Gasteiger partial charge in [-0.25, -0.2) is 4.79 Å². The Morgan fingerprint density at radius 2 is 1.92 bits per heavy atom. The molecule has 0 bridgehead atoms. The van der Waals surface area contributed by atoms with Crippen molar-refractivity contribution in [2.24, 2.45) is 0 Å². The molecular formula is C19H22N4O2. The van der Waals surface area contributed by atoms with Crippen LogP contribution in [0.2, 0.25) is 0 Å². The Labute approximate surface area is 147 Å². The molecule has 0 radical (unpaired) electrons. The van der Waals surface area contributed by atoms with Crippen LogP contribution in [0.15, 0.2) is 42.7 Å². The van der Waals surface area contributed by atoms with Crippen LogP contribution in [0.5, 0.6) is 0 Å². The van der Waals surface area contributed by atoms with Crippen molar-refractivity contribution in [2.45, 2.75) is 32.4 Å². The summed E-state index contributed by atoms with van der Waals surface area (Å²) in [6, 6.07) is 9.18. The molecule has 1 aliphatic rings. The largest absolute Gasteiger partial charge is 0.349 e. The fourth-order valence-electron chi connectivity index (χ4n) is 2.44. The van der Waals surface area contributed by atoms with Gasteiger partial charge in [-0.1, -0.05) is 6.07 Å². The molecule has 0 saturated heterocycles. The molecule has 130 valence electrons. The lowest BCUT2D eigenvalue weighted by molar-refractivity contribution is 0.0951. The Kier molecular flexibility index (Phi) is 4.97. The minimum Gasteiger partial charge on any atom is -0.349 e. The Morgan fingerprint density at radius 1 is 1.20 bits per heavy atom. The fraction of sp³-hybridized carbons (Fsp3) is 0.316. The predicted molar refractivity (Wildman–Crippen MR) is 96.4 cm³/mol. The number of nitrogens with zero attached hydrogens (tertiary/aromatic N) is 2. The summed E-state index contributed by atoms with van der Waals surface area (Å²) in [6.45, 7) is 2.39. The molecular weight excluding hydrogens is 316 g/mol. The Hall–Kier alpha value is -2.89. The fourth-order valence-corrected chi connectivity index (χ4v) is 2.44. The maximum Gasteiger partial charge on any atom is 0.321 e. The first kappa shape index (κ1) is 17.0. The summed E-state index contributed by atoms with van der Waals surface area (Å²) in [5.41, 5.74) is 3.12. The van der Waals surface area contributed by atoms with Crippen molar-refractivity contribution >= 4 is 17.6 Å². The molecule has 6 heteroatoms. The molecule has 1 aliphatic carbocycles. The second kappa shape index (κ2) is 7.34. The molecule has 1 saturated carbocycles. The summed E-state index contributed by atoms with van der Waals surface area (Å²) in [6.07, 6.45) is 5.49. The first-order valence-corrected chi connectivity index (χ1v) is 8.35. The molecule has 1 aromatic heterocycles. The van der Waals surface area contributed by atoms with Crippen molar-refractivity contribution in [1.82, 2.24) is 15.2 Å². The number of rotatable bonds is 5. The zero-order valence-corrected chi connectivity index (χ0v) is 14.5. The van der Waals surface area contributed by atoms with E-state index in [2.05, 4.69) is 15.6 Å². The maximum atomic E-state index is 12.4. The minimum atomic E-state index is -0.223. The summed E-state index contributed by atoms with van der Waals surface area (Å²) >= 11 is 0. The van der Waals surface area contributed by atoms with Gasteiger partial charge in [0.25, 0.3) is 5.91 Å². The first-order valence-electron chi connectivity index (χ1n) is 8.35. The number of aryl methyl sites for hydroxylation is 1. The SMILES string of the molecule is Cc1ccc(C(=O)NC2CC2)cc1NC(=O)N(C)Cc1ccncc1. The average Bonchev–Trinajstić information content (AvgIpc) is 3.41. The third-order valence-electron chi connectivity index (χ3n) is 4.17. The highest BCUT2D eigenvalue weighted by molar-refractivity contribution is 5.97. The van der Waals surface area contributed by atoms with Crippen molar-refractivity contribution in [3.63, 3.8) is 0 Å². The topological polar surface area (TPSA) is 74.3 Å². The van der Waals surface area contributed by atoms with E-state index < -0.39 is 0 Å². The van der Waals surface area contributed by atoms with Crippen LogP contribution in [-0.4, -0.2) is 34.9 Å². The van der Waals surface area contributed by atoms with Crippen molar-refractivity contribution in [3.05, 3.63) is 59.4 Å². The van der Waals surface area contributed by atoms with Gasteiger partial charge in [0.2, 0.25) is 0 Å². The summed E-state index contributed by atoms with van der Waals surface area (Å²) in [5.74, 6) is -0.0943. The van der Waals surface area contributed by atoms with Crippen LogP contribution in [0.4, 0.5) is 10.5 Å². The molecule has 1 aromatic carbocycles. The molecule has 1 heterocycles. The molecule has 3 rings (SSSR count). The molecule has 0 aliphatic heterocycles. The van der Waals surface area contributed by atoms with Crippen molar-refractivity contribution in [1.29, 1.82) is 0 Å². The Morgan fingerprint density at radius 3 is 2.60 bits per heavy atom. The van der Waals surface area contributed by atoms with E-state index in [0.717, 1.165) is 24.0 Å². The lowest BCUT2D eigenvalue weighted by Gasteiger charge is -2.19. The molecule has 0 atom stereocenters. The van der Waals surface area contributed by atoms with Crippen LogP contribution < -0.4 is 10.6 Å². The van der Waals surface area contributed by atoms with E-state index in [1.807, 2.05) is 25.1 Å². The molecule has 2 aromatic rings. The third kappa shape index (κ3) is 4.56. The van der Waals surface area contributed by atoms with Crippen molar-refractivity contribution in [2.75, 3.05) is 12.4 Å². The lowest BCUT2D eigenvalue weighted by atomic mass is 10.1. The van der Waals surface area contributed by atoms with Crippen LogP contribution in [0.25, 0.3) is 0 Å².